The molecule has 0 spiro atoms. The van der Waals surface area contributed by atoms with Gasteiger partial charge in [0.05, 0.1) is 5.69 Å². The molecule has 0 aliphatic heterocycles. The zero-order valence-corrected chi connectivity index (χ0v) is 9.71. The number of nitrogens with zero attached hydrogens (tertiary/aromatic N) is 3. The molecule has 80 valence electrons. The summed E-state index contributed by atoms with van der Waals surface area (Å²) in [6.45, 7) is 0.945. The maximum atomic E-state index is 4.57. The molecule has 0 amide bonds. The minimum absolute atomic E-state index is 0.940. The normalized spacial score (nSPS) is 11.1. The first kappa shape index (κ1) is 10.4. The van der Waals surface area contributed by atoms with Crippen LogP contribution in [-0.4, -0.2) is 34.2 Å². The quantitative estimate of drug-likeness (QED) is 0.790. The van der Waals surface area contributed by atoms with Crippen molar-refractivity contribution in [2.45, 2.75) is 11.4 Å². The van der Waals surface area contributed by atoms with Crippen molar-refractivity contribution in [2.24, 2.45) is 0 Å². The van der Waals surface area contributed by atoms with Gasteiger partial charge in [0.25, 0.3) is 0 Å². The van der Waals surface area contributed by atoms with E-state index in [1.54, 1.807) is 18.0 Å². The molecule has 2 heterocycles. The highest BCUT2D eigenvalue weighted by Crippen LogP contribution is 2.18. The molecule has 2 rings (SSSR count). The summed E-state index contributed by atoms with van der Waals surface area (Å²) in [5, 5.41) is 4.12. The number of hydrogen-bond donors (Lipinski definition) is 1. The smallest absolute Gasteiger partial charge is 0.169 e. The van der Waals surface area contributed by atoms with Crippen molar-refractivity contribution < 1.29 is 0 Å². The Labute approximate surface area is 93.1 Å². The third-order valence-corrected chi connectivity index (χ3v) is 2.88. The molecule has 0 saturated heterocycles. The molecule has 0 bridgehead atoms. The molecule has 2 aromatic rings. The van der Waals surface area contributed by atoms with Gasteiger partial charge in [-0.2, -0.15) is 0 Å². The lowest BCUT2D eigenvalue weighted by atomic mass is 10.3. The first-order valence-corrected chi connectivity index (χ1v) is 6.09. The second-order valence-corrected chi connectivity index (χ2v) is 4.05. The SMILES string of the molecule is CNCCc1cn2ccnc2c(SC)n1. The van der Waals surface area contributed by atoms with E-state index in [1.807, 2.05) is 30.1 Å². The number of rotatable bonds is 4. The van der Waals surface area contributed by atoms with Crippen LogP contribution in [0.25, 0.3) is 5.65 Å². The van der Waals surface area contributed by atoms with Crippen LogP contribution in [-0.2, 0) is 6.42 Å². The van der Waals surface area contributed by atoms with E-state index in [2.05, 4.69) is 15.3 Å². The maximum Gasteiger partial charge on any atom is 0.169 e. The number of nitrogens with one attached hydrogen (secondary N) is 1. The molecule has 0 unspecified atom stereocenters. The zero-order valence-electron chi connectivity index (χ0n) is 8.90. The topological polar surface area (TPSA) is 42.2 Å². The van der Waals surface area contributed by atoms with Gasteiger partial charge < -0.3 is 9.72 Å². The summed E-state index contributed by atoms with van der Waals surface area (Å²) in [5.41, 5.74) is 2.04. The average molecular weight is 222 g/mol. The Morgan fingerprint density at radius 1 is 1.53 bits per heavy atom. The van der Waals surface area contributed by atoms with Crippen LogP contribution in [0.15, 0.2) is 23.6 Å². The predicted molar refractivity (Wildman–Crippen MR) is 62.4 cm³/mol. The van der Waals surface area contributed by atoms with Crippen molar-refractivity contribution in [3.8, 4) is 0 Å². The fourth-order valence-corrected chi connectivity index (χ4v) is 2.01. The van der Waals surface area contributed by atoms with Crippen LogP contribution < -0.4 is 5.32 Å². The molecule has 2 aromatic heterocycles. The molecule has 0 aliphatic carbocycles. The molecule has 0 fully saturated rings. The van der Waals surface area contributed by atoms with Gasteiger partial charge in [-0.15, -0.1) is 11.8 Å². The predicted octanol–water partition coefficient (Wildman–Crippen LogP) is 1.21. The van der Waals surface area contributed by atoms with Gasteiger partial charge in [0, 0.05) is 31.6 Å². The number of hydrogen-bond acceptors (Lipinski definition) is 4. The summed E-state index contributed by atoms with van der Waals surface area (Å²) < 4.78 is 2.03. The van der Waals surface area contributed by atoms with E-state index in [0.717, 1.165) is 29.3 Å². The number of thioether (sulfide) groups is 1. The van der Waals surface area contributed by atoms with Crippen LogP contribution in [0.2, 0.25) is 0 Å². The van der Waals surface area contributed by atoms with Crippen LogP contribution in [0.4, 0.5) is 0 Å². The minimum Gasteiger partial charge on any atom is -0.319 e. The molecule has 4 nitrogen and oxygen atoms in total. The van der Waals surface area contributed by atoms with Crippen LogP contribution in [0.3, 0.4) is 0 Å². The molecule has 0 saturated carbocycles. The second kappa shape index (κ2) is 4.63. The van der Waals surface area contributed by atoms with Gasteiger partial charge in [-0.25, -0.2) is 9.97 Å². The molecule has 15 heavy (non-hydrogen) atoms. The Hall–Kier alpha value is -1.07. The summed E-state index contributed by atoms with van der Waals surface area (Å²) in [6.07, 6.45) is 8.77. The van der Waals surface area contributed by atoms with Crippen LogP contribution >= 0.6 is 11.8 Å². The van der Waals surface area contributed by atoms with E-state index >= 15 is 0 Å². The summed E-state index contributed by atoms with van der Waals surface area (Å²) >= 11 is 1.64. The molecule has 0 aliphatic rings. The first-order valence-electron chi connectivity index (χ1n) is 4.86. The lowest BCUT2D eigenvalue weighted by Gasteiger charge is -2.04. The molecule has 5 heteroatoms. The number of likely N-dealkylation sites (N-methyl/N-ethyl adjacent to an activating group) is 1. The van der Waals surface area contributed by atoms with E-state index in [0.29, 0.717) is 0 Å². The van der Waals surface area contributed by atoms with Crippen molar-refractivity contribution in [3.05, 3.63) is 24.3 Å². The van der Waals surface area contributed by atoms with Crippen molar-refractivity contribution in [1.29, 1.82) is 0 Å². The van der Waals surface area contributed by atoms with Crippen molar-refractivity contribution in [2.75, 3.05) is 19.8 Å². The highest BCUT2D eigenvalue weighted by molar-refractivity contribution is 7.98. The number of imidazole rings is 1. The maximum absolute atomic E-state index is 4.57. The van der Waals surface area contributed by atoms with Crippen molar-refractivity contribution in [3.63, 3.8) is 0 Å². The summed E-state index contributed by atoms with van der Waals surface area (Å²) in [7, 11) is 1.95. The van der Waals surface area contributed by atoms with E-state index in [-0.39, 0.29) is 0 Å². The lowest BCUT2D eigenvalue weighted by Crippen LogP contribution is -2.12. The van der Waals surface area contributed by atoms with Gasteiger partial charge in [-0.3, -0.25) is 0 Å². The highest BCUT2D eigenvalue weighted by Gasteiger charge is 2.05. The summed E-state index contributed by atoms with van der Waals surface area (Å²) in [4.78, 5) is 8.84. The average Bonchev–Trinajstić information content (AvgIpc) is 2.73. The van der Waals surface area contributed by atoms with Crippen molar-refractivity contribution >= 4 is 17.4 Å². The van der Waals surface area contributed by atoms with Gasteiger partial charge in [0.15, 0.2) is 5.65 Å². The third kappa shape index (κ3) is 2.13. The largest absolute Gasteiger partial charge is 0.319 e. The van der Waals surface area contributed by atoms with E-state index in [1.165, 1.54) is 0 Å². The Balaban J connectivity index is 2.40. The Morgan fingerprint density at radius 2 is 2.40 bits per heavy atom. The number of fused-ring (bicyclic) bond motifs is 1. The van der Waals surface area contributed by atoms with Crippen LogP contribution in [0.1, 0.15) is 5.69 Å². The fourth-order valence-electron chi connectivity index (χ4n) is 1.46. The van der Waals surface area contributed by atoms with E-state index in [4.69, 9.17) is 0 Å². The number of aromatic nitrogens is 3. The van der Waals surface area contributed by atoms with E-state index in [9.17, 15) is 0 Å². The molecular weight excluding hydrogens is 208 g/mol. The molecular formula is C10H14N4S. The minimum atomic E-state index is 0.940. The third-order valence-electron chi connectivity index (χ3n) is 2.22. The first-order chi connectivity index (χ1) is 7.35. The fraction of sp³-hybridized carbons (Fsp3) is 0.400. The Kier molecular flexibility index (Phi) is 3.23. The molecule has 0 aromatic carbocycles. The zero-order chi connectivity index (χ0) is 10.7. The van der Waals surface area contributed by atoms with Crippen molar-refractivity contribution in [1.82, 2.24) is 19.7 Å². The molecule has 0 atom stereocenters. The van der Waals surface area contributed by atoms with E-state index < -0.39 is 0 Å². The van der Waals surface area contributed by atoms with Gasteiger partial charge in [0.1, 0.15) is 5.03 Å². The summed E-state index contributed by atoms with van der Waals surface area (Å²) in [5.74, 6) is 0. The van der Waals surface area contributed by atoms with Crippen LogP contribution in [0, 0.1) is 0 Å². The van der Waals surface area contributed by atoms with Gasteiger partial charge in [0.2, 0.25) is 0 Å². The Bertz CT molecular complexity index is 452. The van der Waals surface area contributed by atoms with Gasteiger partial charge in [-0.05, 0) is 13.3 Å². The highest BCUT2D eigenvalue weighted by atomic mass is 32.2. The standard InChI is InChI=1S/C10H14N4S/c1-11-4-3-8-7-14-6-5-12-9(14)10(13-8)15-2/h5-7,11H,3-4H2,1-2H3. The lowest BCUT2D eigenvalue weighted by molar-refractivity contribution is 0.762. The van der Waals surface area contributed by atoms with Crippen LogP contribution in [0.5, 0.6) is 0 Å². The van der Waals surface area contributed by atoms with Gasteiger partial charge in [-0.1, -0.05) is 0 Å². The molecule has 1 N–H and O–H groups in total. The van der Waals surface area contributed by atoms with Gasteiger partial charge >= 0.3 is 0 Å². The molecule has 0 radical (unpaired) electrons. The summed E-state index contributed by atoms with van der Waals surface area (Å²) in [6, 6.07) is 0. The second-order valence-electron chi connectivity index (χ2n) is 3.25. The monoisotopic (exact) mass is 222 g/mol. The Morgan fingerprint density at radius 3 is 3.13 bits per heavy atom.